The monoisotopic (exact) mass is 390 g/mol. The third kappa shape index (κ3) is 2.82. The second-order valence-electron chi connectivity index (χ2n) is 4.44. The first kappa shape index (κ1) is 13.8. The highest BCUT2D eigenvalue weighted by atomic mass is 127. The van der Waals surface area contributed by atoms with Crippen LogP contribution >= 0.6 is 22.6 Å². The average Bonchev–Trinajstić information content (AvgIpc) is 2.47. The number of nitrogens with two attached hydrogens (primary N) is 1. The van der Waals surface area contributed by atoms with E-state index in [1.165, 1.54) is 6.20 Å². The predicted octanol–water partition coefficient (Wildman–Crippen LogP) is 3.73. The number of ether oxygens (including phenoxy) is 1. The first-order valence-corrected chi connectivity index (χ1v) is 7.34. The van der Waals surface area contributed by atoms with Crippen LogP contribution in [0.15, 0.2) is 54.7 Å². The third-order valence-corrected chi connectivity index (χ3v) is 3.68. The van der Waals surface area contributed by atoms with Gasteiger partial charge in [0, 0.05) is 15.2 Å². The number of hydrogen-bond acceptors (Lipinski definition) is 3. The van der Waals surface area contributed by atoms with Gasteiger partial charge in [-0.25, -0.2) is 0 Å². The van der Waals surface area contributed by atoms with Gasteiger partial charge in [-0.15, -0.1) is 0 Å². The summed E-state index contributed by atoms with van der Waals surface area (Å²) >= 11 is 2.20. The van der Waals surface area contributed by atoms with Gasteiger partial charge in [0.2, 0.25) is 0 Å². The average molecular weight is 390 g/mol. The first-order valence-electron chi connectivity index (χ1n) is 6.26. The van der Waals surface area contributed by atoms with Crippen molar-refractivity contribution in [3.8, 4) is 11.5 Å². The standard InChI is InChI=1S/C16H11IN2O2/c17-10-4-3-5-11(8-10)21-15-12-6-1-2-7-14(12)19-9-13(15)16(18)20/h1-9H,(H2,18,20). The summed E-state index contributed by atoms with van der Waals surface area (Å²) in [6.07, 6.45) is 1.45. The third-order valence-electron chi connectivity index (χ3n) is 3.01. The number of nitrogens with zero attached hydrogens (tertiary/aromatic N) is 1. The van der Waals surface area contributed by atoms with Crippen LogP contribution in [0.5, 0.6) is 11.5 Å². The molecule has 0 saturated carbocycles. The van der Waals surface area contributed by atoms with E-state index in [2.05, 4.69) is 27.6 Å². The molecule has 0 saturated heterocycles. The Balaban J connectivity index is 2.18. The molecule has 0 radical (unpaired) electrons. The number of aromatic nitrogens is 1. The van der Waals surface area contributed by atoms with Gasteiger partial charge in [0.15, 0.2) is 5.75 Å². The van der Waals surface area contributed by atoms with Crippen molar-refractivity contribution in [2.45, 2.75) is 0 Å². The fraction of sp³-hybridized carbons (Fsp3) is 0. The lowest BCUT2D eigenvalue weighted by Crippen LogP contribution is -2.13. The zero-order chi connectivity index (χ0) is 14.8. The molecule has 2 aromatic carbocycles. The van der Waals surface area contributed by atoms with Crippen LogP contribution < -0.4 is 10.5 Å². The van der Waals surface area contributed by atoms with Crippen molar-refractivity contribution in [3.63, 3.8) is 0 Å². The zero-order valence-electron chi connectivity index (χ0n) is 10.9. The van der Waals surface area contributed by atoms with Gasteiger partial charge >= 0.3 is 0 Å². The lowest BCUT2D eigenvalue weighted by atomic mass is 10.1. The van der Waals surface area contributed by atoms with Crippen LogP contribution in [0.2, 0.25) is 0 Å². The number of carbonyl (C=O) groups is 1. The van der Waals surface area contributed by atoms with Crippen LogP contribution in [0.1, 0.15) is 10.4 Å². The summed E-state index contributed by atoms with van der Waals surface area (Å²) < 4.78 is 6.96. The van der Waals surface area contributed by atoms with Gasteiger partial charge in [-0.1, -0.05) is 18.2 Å². The van der Waals surface area contributed by atoms with Gasteiger partial charge in [0.1, 0.15) is 11.3 Å². The topological polar surface area (TPSA) is 65.2 Å². The minimum atomic E-state index is -0.561. The molecule has 21 heavy (non-hydrogen) atoms. The van der Waals surface area contributed by atoms with Crippen LogP contribution in [0.4, 0.5) is 0 Å². The Morgan fingerprint density at radius 1 is 1.14 bits per heavy atom. The summed E-state index contributed by atoms with van der Waals surface area (Å²) in [5, 5.41) is 0.757. The first-order chi connectivity index (χ1) is 10.1. The molecule has 104 valence electrons. The van der Waals surface area contributed by atoms with Gasteiger partial charge in [-0.3, -0.25) is 9.78 Å². The highest BCUT2D eigenvalue weighted by Crippen LogP contribution is 2.32. The highest BCUT2D eigenvalue weighted by molar-refractivity contribution is 14.1. The molecule has 0 fully saturated rings. The van der Waals surface area contributed by atoms with E-state index < -0.39 is 5.91 Å². The van der Waals surface area contributed by atoms with E-state index in [1.54, 1.807) is 0 Å². The van der Waals surface area contributed by atoms with Crippen molar-refractivity contribution >= 4 is 39.4 Å². The van der Waals surface area contributed by atoms with Crippen LogP contribution in [0, 0.1) is 3.57 Å². The van der Waals surface area contributed by atoms with Gasteiger partial charge in [0.25, 0.3) is 5.91 Å². The molecule has 2 N–H and O–H groups in total. The largest absolute Gasteiger partial charge is 0.456 e. The number of para-hydroxylation sites is 1. The molecule has 3 aromatic rings. The predicted molar refractivity (Wildman–Crippen MR) is 89.5 cm³/mol. The van der Waals surface area contributed by atoms with Crippen molar-refractivity contribution in [2.24, 2.45) is 5.73 Å². The lowest BCUT2D eigenvalue weighted by Gasteiger charge is -2.12. The Morgan fingerprint density at radius 2 is 1.95 bits per heavy atom. The summed E-state index contributed by atoms with van der Waals surface area (Å²) in [4.78, 5) is 15.9. The summed E-state index contributed by atoms with van der Waals surface area (Å²) in [7, 11) is 0. The number of amides is 1. The molecule has 4 nitrogen and oxygen atoms in total. The number of rotatable bonds is 3. The molecule has 0 aliphatic carbocycles. The summed E-state index contributed by atoms with van der Waals surface area (Å²) in [6, 6.07) is 15.1. The van der Waals surface area contributed by atoms with Gasteiger partial charge in [-0.05, 0) is 52.9 Å². The second-order valence-corrected chi connectivity index (χ2v) is 5.69. The minimum Gasteiger partial charge on any atom is -0.456 e. The molecule has 1 amide bonds. The van der Waals surface area contributed by atoms with Crippen LogP contribution in [0.25, 0.3) is 10.9 Å². The number of carbonyl (C=O) groups excluding carboxylic acids is 1. The second kappa shape index (κ2) is 5.69. The molecule has 0 bridgehead atoms. The Bertz CT molecular complexity index is 833. The van der Waals surface area contributed by atoms with Crippen molar-refractivity contribution in [1.82, 2.24) is 4.98 Å². The number of pyridine rings is 1. The zero-order valence-corrected chi connectivity index (χ0v) is 13.1. The molecule has 1 aromatic heterocycles. The molecule has 5 heteroatoms. The van der Waals surface area contributed by atoms with E-state index in [4.69, 9.17) is 10.5 Å². The fourth-order valence-corrected chi connectivity index (χ4v) is 2.56. The number of fused-ring (bicyclic) bond motifs is 1. The Hall–Kier alpha value is -2.15. The summed E-state index contributed by atoms with van der Waals surface area (Å²) in [5.41, 5.74) is 6.45. The van der Waals surface area contributed by atoms with Crippen molar-refractivity contribution in [1.29, 1.82) is 0 Å². The van der Waals surface area contributed by atoms with Crippen molar-refractivity contribution < 1.29 is 9.53 Å². The smallest absolute Gasteiger partial charge is 0.254 e. The van der Waals surface area contributed by atoms with Crippen LogP contribution in [-0.2, 0) is 0 Å². The summed E-state index contributed by atoms with van der Waals surface area (Å²) in [5.74, 6) is 0.532. The minimum absolute atomic E-state index is 0.271. The molecule has 3 rings (SSSR count). The molecule has 0 atom stereocenters. The number of benzene rings is 2. The lowest BCUT2D eigenvalue weighted by molar-refractivity contribution is 0.0998. The van der Waals surface area contributed by atoms with E-state index in [1.807, 2.05) is 48.5 Å². The fourth-order valence-electron chi connectivity index (χ4n) is 2.05. The van der Waals surface area contributed by atoms with E-state index in [-0.39, 0.29) is 5.56 Å². The van der Waals surface area contributed by atoms with Gasteiger partial charge < -0.3 is 10.5 Å². The molecule has 1 heterocycles. The van der Waals surface area contributed by atoms with Gasteiger partial charge in [0.05, 0.1) is 5.52 Å². The quantitative estimate of drug-likeness (QED) is 0.694. The molecular weight excluding hydrogens is 379 g/mol. The van der Waals surface area contributed by atoms with E-state index in [9.17, 15) is 4.79 Å². The van der Waals surface area contributed by atoms with E-state index in [0.29, 0.717) is 11.5 Å². The van der Waals surface area contributed by atoms with Crippen molar-refractivity contribution in [2.75, 3.05) is 0 Å². The highest BCUT2D eigenvalue weighted by Gasteiger charge is 2.15. The normalized spacial score (nSPS) is 10.5. The number of primary amides is 1. The maximum absolute atomic E-state index is 11.6. The van der Waals surface area contributed by atoms with Crippen LogP contribution in [0.3, 0.4) is 0 Å². The Kier molecular flexibility index (Phi) is 3.74. The van der Waals surface area contributed by atoms with Crippen molar-refractivity contribution in [3.05, 3.63) is 63.9 Å². The maximum Gasteiger partial charge on any atom is 0.254 e. The molecule has 0 aliphatic rings. The Morgan fingerprint density at radius 3 is 2.71 bits per heavy atom. The molecule has 0 unspecified atom stereocenters. The summed E-state index contributed by atoms with van der Waals surface area (Å²) in [6.45, 7) is 0. The van der Waals surface area contributed by atoms with E-state index in [0.717, 1.165) is 14.5 Å². The SMILES string of the molecule is NC(=O)c1cnc2ccccc2c1Oc1cccc(I)c1. The van der Waals surface area contributed by atoms with E-state index >= 15 is 0 Å². The Labute approximate surface area is 135 Å². The number of hydrogen-bond donors (Lipinski definition) is 1. The number of halogens is 1. The molecular formula is C16H11IN2O2. The maximum atomic E-state index is 11.6. The molecule has 0 spiro atoms. The van der Waals surface area contributed by atoms with Crippen LogP contribution in [-0.4, -0.2) is 10.9 Å². The molecule has 0 aliphatic heterocycles. The van der Waals surface area contributed by atoms with Gasteiger partial charge in [-0.2, -0.15) is 0 Å².